The number of nitrogen functional groups attached to an aromatic ring is 2. The largest absolute Gasteiger partial charge is 0.496 e. The van der Waals surface area contributed by atoms with Crippen LogP contribution < -0.4 is 20.5 Å². The molecule has 0 bridgehead atoms. The molecule has 0 saturated heterocycles. The van der Waals surface area contributed by atoms with Crippen molar-refractivity contribution in [3.63, 3.8) is 0 Å². The lowest BCUT2D eigenvalue weighted by molar-refractivity contribution is 0.410. The number of nitrogens with zero attached hydrogens (tertiary/aromatic N) is 5. The number of para-hydroxylation sites is 1. The van der Waals surface area contributed by atoms with Crippen LogP contribution in [0.5, 0.6) is 5.75 Å². The van der Waals surface area contributed by atoms with E-state index in [1.807, 2.05) is 38.1 Å². The first-order valence-corrected chi connectivity index (χ1v) is 12.6. The van der Waals surface area contributed by atoms with Gasteiger partial charge in [-0.3, -0.25) is 4.31 Å². The van der Waals surface area contributed by atoms with Gasteiger partial charge in [-0.1, -0.05) is 18.2 Å². The van der Waals surface area contributed by atoms with Gasteiger partial charge in [-0.2, -0.15) is 15.1 Å². The third kappa shape index (κ3) is 3.54. The summed E-state index contributed by atoms with van der Waals surface area (Å²) in [4.78, 5) is 8.63. The molecule has 0 saturated carbocycles. The van der Waals surface area contributed by atoms with Crippen LogP contribution in [0.4, 0.5) is 17.5 Å². The molecular weight excluding hydrogens is 466 g/mol. The first-order chi connectivity index (χ1) is 16.6. The maximum Gasteiger partial charge on any atom is 0.264 e. The zero-order chi connectivity index (χ0) is 25.1. The molecule has 182 valence electrons. The molecule has 3 heterocycles. The highest BCUT2D eigenvalue weighted by Gasteiger charge is 2.37. The Hall–Kier alpha value is -3.86. The summed E-state index contributed by atoms with van der Waals surface area (Å²) in [7, 11) is -2.34. The number of fused-ring (bicyclic) bond motifs is 2. The fourth-order valence-corrected chi connectivity index (χ4v) is 6.93. The molecule has 2 aromatic carbocycles. The van der Waals surface area contributed by atoms with Gasteiger partial charge in [0.15, 0.2) is 5.65 Å². The van der Waals surface area contributed by atoms with Crippen LogP contribution in [0.2, 0.25) is 0 Å². The van der Waals surface area contributed by atoms with E-state index in [1.165, 1.54) is 4.31 Å². The van der Waals surface area contributed by atoms with Crippen molar-refractivity contribution in [2.45, 2.75) is 38.1 Å². The Morgan fingerprint density at radius 1 is 1.09 bits per heavy atom. The minimum absolute atomic E-state index is 0.0393. The number of aryl methyl sites for hydroxylation is 1. The van der Waals surface area contributed by atoms with E-state index in [0.717, 1.165) is 11.1 Å². The number of ether oxygens (including phenoxy) is 1. The molecule has 4 aromatic rings. The smallest absolute Gasteiger partial charge is 0.264 e. The number of benzene rings is 2. The van der Waals surface area contributed by atoms with Crippen LogP contribution in [0.25, 0.3) is 11.0 Å². The minimum atomic E-state index is -3.92. The third-order valence-electron chi connectivity index (χ3n) is 6.69. The molecule has 10 nitrogen and oxygen atoms in total. The van der Waals surface area contributed by atoms with Gasteiger partial charge in [0.2, 0.25) is 5.95 Å². The minimum Gasteiger partial charge on any atom is -0.496 e. The quantitative estimate of drug-likeness (QED) is 0.442. The van der Waals surface area contributed by atoms with E-state index in [-0.39, 0.29) is 29.2 Å². The Morgan fingerprint density at radius 2 is 1.83 bits per heavy atom. The van der Waals surface area contributed by atoms with Gasteiger partial charge in [0, 0.05) is 0 Å². The standard InChI is InChI=1S/C24H27N7O3S/c1-13-9-20(34-4)14(2)15(3)21(13)35(32,33)30-12-17(10-16-7-5-6-8-19(16)30)31-23-18(11-27-31)22(25)28-24(26)29-23/h5-9,11,17H,10,12H2,1-4H3,(H4,25,26,28,29). The second-order valence-corrected chi connectivity index (χ2v) is 10.6. The molecule has 1 aliphatic heterocycles. The summed E-state index contributed by atoms with van der Waals surface area (Å²) in [6.45, 7) is 5.64. The van der Waals surface area contributed by atoms with Crippen LogP contribution in [0, 0.1) is 20.8 Å². The van der Waals surface area contributed by atoms with Crippen molar-refractivity contribution in [1.82, 2.24) is 19.7 Å². The van der Waals surface area contributed by atoms with E-state index in [9.17, 15) is 8.42 Å². The maximum atomic E-state index is 14.2. The second-order valence-electron chi connectivity index (χ2n) is 8.79. The van der Waals surface area contributed by atoms with E-state index in [4.69, 9.17) is 16.2 Å². The Labute approximate surface area is 203 Å². The van der Waals surface area contributed by atoms with Crippen molar-refractivity contribution < 1.29 is 13.2 Å². The molecule has 1 aliphatic rings. The molecule has 0 radical (unpaired) electrons. The normalized spacial score (nSPS) is 15.9. The van der Waals surface area contributed by atoms with Gasteiger partial charge in [0.25, 0.3) is 10.0 Å². The van der Waals surface area contributed by atoms with E-state index in [1.54, 1.807) is 31.0 Å². The van der Waals surface area contributed by atoms with Gasteiger partial charge in [-0.15, -0.1) is 0 Å². The second kappa shape index (κ2) is 8.12. The van der Waals surface area contributed by atoms with Crippen molar-refractivity contribution >= 4 is 38.5 Å². The number of anilines is 3. The summed E-state index contributed by atoms with van der Waals surface area (Å²) in [6.07, 6.45) is 2.16. The van der Waals surface area contributed by atoms with Gasteiger partial charge >= 0.3 is 0 Å². The molecule has 0 amide bonds. The van der Waals surface area contributed by atoms with Gasteiger partial charge in [0.05, 0.1) is 41.9 Å². The lowest BCUT2D eigenvalue weighted by atomic mass is 10.00. The summed E-state index contributed by atoms with van der Waals surface area (Å²) in [6, 6.07) is 8.96. The first-order valence-electron chi connectivity index (χ1n) is 11.1. The molecule has 2 aromatic heterocycles. The summed E-state index contributed by atoms with van der Waals surface area (Å²) in [5, 5.41) is 5.07. The van der Waals surface area contributed by atoms with Gasteiger partial charge in [-0.25, -0.2) is 13.1 Å². The number of methoxy groups -OCH3 is 1. The number of hydrogen-bond donors (Lipinski definition) is 2. The van der Waals surface area contributed by atoms with Crippen LogP contribution in [0.1, 0.15) is 28.3 Å². The molecule has 0 aliphatic carbocycles. The van der Waals surface area contributed by atoms with E-state index >= 15 is 0 Å². The van der Waals surface area contributed by atoms with Gasteiger partial charge < -0.3 is 16.2 Å². The predicted octanol–water partition coefficient (Wildman–Crippen LogP) is 2.92. The zero-order valence-corrected chi connectivity index (χ0v) is 20.8. The molecule has 0 fully saturated rings. The highest BCUT2D eigenvalue weighted by atomic mass is 32.2. The molecule has 4 N–H and O–H groups in total. The number of hydrogen-bond acceptors (Lipinski definition) is 8. The fraction of sp³-hybridized carbons (Fsp3) is 0.292. The number of sulfonamides is 1. The Balaban J connectivity index is 1.67. The lowest BCUT2D eigenvalue weighted by Gasteiger charge is -2.36. The van der Waals surface area contributed by atoms with Crippen molar-refractivity contribution in [2.24, 2.45) is 0 Å². The molecule has 11 heteroatoms. The van der Waals surface area contributed by atoms with Gasteiger partial charge in [-0.05, 0) is 61.6 Å². The third-order valence-corrected chi connectivity index (χ3v) is 8.76. The van der Waals surface area contributed by atoms with Gasteiger partial charge in [0.1, 0.15) is 11.6 Å². The van der Waals surface area contributed by atoms with E-state index in [0.29, 0.717) is 40.0 Å². The SMILES string of the molecule is COc1cc(C)c(S(=O)(=O)N2CC(n3ncc4c(N)nc(N)nc43)Cc3ccccc32)c(C)c1C. The summed E-state index contributed by atoms with van der Waals surface area (Å²) >= 11 is 0. The van der Waals surface area contributed by atoms with Crippen LogP contribution in [-0.2, 0) is 16.4 Å². The monoisotopic (exact) mass is 493 g/mol. The Bertz CT molecular complexity index is 1580. The number of rotatable bonds is 4. The number of nitrogens with two attached hydrogens (primary N) is 2. The fourth-order valence-electron chi connectivity index (χ4n) is 4.90. The Kier molecular flexibility index (Phi) is 5.32. The molecule has 0 spiro atoms. The van der Waals surface area contributed by atoms with E-state index < -0.39 is 10.0 Å². The van der Waals surface area contributed by atoms with Crippen molar-refractivity contribution in [1.29, 1.82) is 0 Å². The lowest BCUT2D eigenvalue weighted by Crippen LogP contribution is -2.41. The highest BCUT2D eigenvalue weighted by molar-refractivity contribution is 7.93. The summed E-state index contributed by atoms with van der Waals surface area (Å²) in [5.41, 5.74) is 16.0. The highest BCUT2D eigenvalue weighted by Crippen LogP contribution is 2.39. The summed E-state index contributed by atoms with van der Waals surface area (Å²) in [5.74, 6) is 0.936. The average Bonchev–Trinajstić information content (AvgIpc) is 3.24. The van der Waals surface area contributed by atoms with Crippen molar-refractivity contribution in [3.05, 3.63) is 58.8 Å². The van der Waals surface area contributed by atoms with E-state index in [2.05, 4.69) is 15.1 Å². The molecular formula is C24H27N7O3S. The molecule has 1 unspecified atom stereocenters. The maximum absolute atomic E-state index is 14.2. The Morgan fingerprint density at radius 3 is 2.57 bits per heavy atom. The number of aromatic nitrogens is 4. The summed E-state index contributed by atoms with van der Waals surface area (Å²) < 4.78 is 37.1. The van der Waals surface area contributed by atoms with Crippen LogP contribution in [0.3, 0.4) is 0 Å². The predicted molar refractivity (Wildman–Crippen MR) is 135 cm³/mol. The molecule has 1 atom stereocenters. The van der Waals surface area contributed by atoms with Crippen LogP contribution >= 0.6 is 0 Å². The van der Waals surface area contributed by atoms with Crippen molar-refractivity contribution in [3.8, 4) is 5.75 Å². The zero-order valence-electron chi connectivity index (χ0n) is 20.0. The van der Waals surface area contributed by atoms with Crippen LogP contribution in [-0.4, -0.2) is 41.8 Å². The molecule has 5 rings (SSSR count). The van der Waals surface area contributed by atoms with Crippen molar-refractivity contribution in [2.75, 3.05) is 29.4 Å². The average molecular weight is 494 g/mol. The topological polar surface area (TPSA) is 142 Å². The first kappa shape index (κ1) is 22.9. The van der Waals surface area contributed by atoms with Crippen LogP contribution in [0.15, 0.2) is 41.4 Å². The molecule has 35 heavy (non-hydrogen) atoms.